The highest BCUT2D eigenvalue weighted by Gasteiger charge is 2.14. The molecule has 0 aliphatic rings. The number of hydrogen-bond donors (Lipinski definition) is 1. The monoisotopic (exact) mass is 236 g/mol. The summed E-state index contributed by atoms with van der Waals surface area (Å²) in [6, 6.07) is 10.3. The van der Waals surface area contributed by atoms with E-state index in [1.165, 1.54) is 12.7 Å². The number of likely N-dealkylation sites (N-methyl/N-ethyl adjacent to an activating group) is 1. The van der Waals surface area contributed by atoms with E-state index in [0.717, 1.165) is 0 Å². The topological polar surface area (TPSA) is 41.6 Å². The van der Waals surface area contributed by atoms with E-state index in [-0.39, 0.29) is 18.6 Å². The van der Waals surface area contributed by atoms with Gasteiger partial charge in [0.05, 0.1) is 6.04 Å². The van der Waals surface area contributed by atoms with Crippen LogP contribution in [0.5, 0.6) is 0 Å². The number of methoxy groups -OCH3 is 1. The Kier molecular flexibility index (Phi) is 5.66. The third kappa shape index (κ3) is 4.54. The van der Waals surface area contributed by atoms with Crippen molar-refractivity contribution in [2.24, 2.45) is 0 Å². The predicted octanol–water partition coefficient (Wildman–Crippen LogP) is 1.05. The number of rotatable bonds is 6. The molecule has 1 aromatic carbocycles. The SMILES string of the molecule is COCC(=O)NC[C@H](c1ccccc1)N(C)C. The number of nitrogens with one attached hydrogen (secondary N) is 1. The Bertz CT molecular complexity index is 339. The highest BCUT2D eigenvalue weighted by molar-refractivity contribution is 5.77. The molecule has 0 bridgehead atoms. The lowest BCUT2D eigenvalue weighted by molar-refractivity contribution is -0.124. The highest BCUT2D eigenvalue weighted by atomic mass is 16.5. The molecule has 4 nitrogen and oxygen atoms in total. The van der Waals surface area contributed by atoms with Crippen molar-refractivity contribution in [3.63, 3.8) is 0 Å². The summed E-state index contributed by atoms with van der Waals surface area (Å²) in [7, 11) is 5.51. The number of carbonyl (C=O) groups excluding carboxylic acids is 1. The minimum atomic E-state index is -0.0877. The quantitative estimate of drug-likeness (QED) is 0.803. The zero-order valence-corrected chi connectivity index (χ0v) is 10.6. The Balaban J connectivity index is 2.59. The maximum atomic E-state index is 11.3. The molecule has 0 aliphatic carbocycles. The van der Waals surface area contributed by atoms with Crippen LogP contribution in [-0.2, 0) is 9.53 Å². The Morgan fingerprint density at radius 1 is 1.35 bits per heavy atom. The lowest BCUT2D eigenvalue weighted by Gasteiger charge is -2.25. The number of nitrogens with zero attached hydrogens (tertiary/aromatic N) is 1. The molecule has 4 heteroatoms. The fraction of sp³-hybridized carbons (Fsp3) is 0.462. The first-order valence-corrected chi connectivity index (χ1v) is 5.62. The normalized spacial score (nSPS) is 12.5. The zero-order valence-electron chi connectivity index (χ0n) is 10.6. The van der Waals surface area contributed by atoms with E-state index in [1.807, 2.05) is 32.3 Å². The van der Waals surface area contributed by atoms with Crippen LogP contribution in [0.2, 0.25) is 0 Å². The molecule has 0 saturated heterocycles. The van der Waals surface area contributed by atoms with E-state index in [4.69, 9.17) is 4.74 Å². The first-order valence-electron chi connectivity index (χ1n) is 5.62. The first-order chi connectivity index (χ1) is 8.15. The van der Waals surface area contributed by atoms with Gasteiger partial charge in [0.1, 0.15) is 6.61 Å². The average molecular weight is 236 g/mol. The second-order valence-electron chi connectivity index (χ2n) is 4.13. The van der Waals surface area contributed by atoms with Gasteiger partial charge in [-0.1, -0.05) is 30.3 Å². The van der Waals surface area contributed by atoms with Crippen LogP contribution in [0.3, 0.4) is 0 Å². The minimum absolute atomic E-state index is 0.0877. The second kappa shape index (κ2) is 7.04. The maximum Gasteiger partial charge on any atom is 0.246 e. The van der Waals surface area contributed by atoms with Crippen molar-refractivity contribution in [1.29, 1.82) is 0 Å². The summed E-state index contributed by atoms with van der Waals surface area (Å²) in [6.07, 6.45) is 0. The summed E-state index contributed by atoms with van der Waals surface area (Å²) in [6.45, 7) is 0.689. The van der Waals surface area contributed by atoms with Crippen molar-refractivity contribution in [3.8, 4) is 0 Å². The number of hydrogen-bond acceptors (Lipinski definition) is 3. The number of carbonyl (C=O) groups is 1. The summed E-state index contributed by atoms with van der Waals surface area (Å²) in [5, 5.41) is 2.86. The number of ether oxygens (including phenoxy) is 1. The van der Waals surface area contributed by atoms with Crippen molar-refractivity contribution in [1.82, 2.24) is 10.2 Å². The van der Waals surface area contributed by atoms with E-state index in [1.54, 1.807) is 0 Å². The molecule has 1 N–H and O–H groups in total. The van der Waals surface area contributed by atoms with Crippen LogP contribution in [0, 0.1) is 0 Å². The molecule has 0 heterocycles. The minimum Gasteiger partial charge on any atom is -0.375 e. The van der Waals surface area contributed by atoms with E-state index in [9.17, 15) is 4.79 Å². The molecule has 1 rings (SSSR count). The molecule has 1 aromatic rings. The van der Waals surface area contributed by atoms with Gasteiger partial charge in [-0.3, -0.25) is 4.79 Å². The van der Waals surface area contributed by atoms with Gasteiger partial charge in [-0.05, 0) is 19.7 Å². The van der Waals surface area contributed by atoms with E-state index < -0.39 is 0 Å². The molecule has 17 heavy (non-hydrogen) atoms. The molecule has 1 amide bonds. The predicted molar refractivity (Wildman–Crippen MR) is 67.8 cm³/mol. The lowest BCUT2D eigenvalue weighted by Crippen LogP contribution is -2.36. The van der Waals surface area contributed by atoms with Gasteiger partial charge in [-0.15, -0.1) is 0 Å². The van der Waals surface area contributed by atoms with Crippen molar-refractivity contribution in [3.05, 3.63) is 35.9 Å². The zero-order chi connectivity index (χ0) is 12.7. The third-order valence-corrected chi connectivity index (χ3v) is 2.58. The van der Waals surface area contributed by atoms with Crippen LogP contribution in [-0.4, -0.2) is 45.2 Å². The Labute approximate surface area is 103 Å². The van der Waals surface area contributed by atoms with Crippen LogP contribution in [0.25, 0.3) is 0 Å². The molecular formula is C13H20N2O2. The van der Waals surface area contributed by atoms with Gasteiger partial charge in [0.15, 0.2) is 0 Å². The fourth-order valence-corrected chi connectivity index (χ4v) is 1.67. The van der Waals surface area contributed by atoms with Gasteiger partial charge in [0, 0.05) is 13.7 Å². The summed E-state index contributed by atoms with van der Waals surface area (Å²) >= 11 is 0. The van der Waals surface area contributed by atoms with Gasteiger partial charge >= 0.3 is 0 Å². The van der Waals surface area contributed by atoms with Crippen molar-refractivity contribution in [2.45, 2.75) is 6.04 Å². The summed E-state index contributed by atoms with van der Waals surface area (Å²) in [5.74, 6) is -0.0877. The first kappa shape index (κ1) is 13.7. The number of benzene rings is 1. The standard InChI is InChI=1S/C13H20N2O2/c1-15(2)12(9-14-13(16)10-17-3)11-7-5-4-6-8-11/h4-8,12H,9-10H2,1-3H3,(H,14,16)/t12-/m1/s1. The molecule has 0 spiro atoms. The Morgan fingerprint density at radius 3 is 2.53 bits per heavy atom. The van der Waals surface area contributed by atoms with Gasteiger partial charge in [-0.25, -0.2) is 0 Å². The van der Waals surface area contributed by atoms with Gasteiger partial charge < -0.3 is 15.0 Å². The molecule has 1 atom stereocenters. The summed E-state index contributed by atoms with van der Waals surface area (Å²) < 4.78 is 4.78. The van der Waals surface area contributed by atoms with E-state index in [0.29, 0.717) is 6.54 Å². The van der Waals surface area contributed by atoms with Crippen LogP contribution >= 0.6 is 0 Å². The molecule has 0 fully saturated rings. The fourth-order valence-electron chi connectivity index (χ4n) is 1.67. The van der Waals surface area contributed by atoms with E-state index in [2.05, 4.69) is 22.3 Å². The third-order valence-electron chi connectivity index (χ3n) is 2.58. The molecule has 0 aromatic heterocycles. The molecule has 94 valence electrons. The van der Waals surface area contributed by atoms with Gasteiger partial charge in [0.25, 0.3) is 0 Å². The van der Waals surface area contributed by atoms with Crippen molar-refractivity contribution >= 4 is 5.91 Å². The summed E-state index contributed by atoms with van der Waals surface area (Å²) in [4.78, 5) is 13.4. The lowest BCUT2D eigenvalue weighted by atomic mass is 10.1. The van der Waals surface area contributed by atoms with Crippen LogP contribution < -0.4 is 5.32 Å². The van der Waals surface area contributed by atoms with Crippen LogP contribution in [0.1, 0.15) is 11.6 Å². The van der Waals surface area contributed by atoms with Crippen molar-refractivity contribution < 1.29 is 9.53 Å². The number of amides is 1. The maximum absolute atomic E-state index is 11.3. The average Bonchev–Trinajstić information content (AvgIpc) is 2.30. The van der Waals surface area contributed by atoms with E-state index >= 15 is 0 Å². The molecule has 0 saturated carbocycles. The second-order valence-corrected chi connectivity index (χ2v) is 4.13. The molecule has 0 radical (unpaired) electrons. The molecular weight excluding hydrogens is 216 g/mol. The van der Waals surface area contributed by atoms with Crippen LogP contribution in [0.4, 0.5) is 0 Å². The Hall–Kier alpha value is -1.39. The Morgan fingerprint density at radius 2 is 2.00 bits per heavy atom. The molecule has 0 unspecified atom stereocenters. The van der Waals surface area contributed by atoms with Gasteiger partial charge in [-0.2, -0.15) is 0 Å². The van der Waals surface area contributed by atoms with Gasteiger partial charge in [0.2, 0.25) is 5.91 Å². The largest absolute Gasteiger partial charge is 0.375 e. The summed E-state index contributed by atoms with van der Waals surface area (Å²) in [5.41, 5.74) is 1.19. The highest BCUT2D eigenvalue weighted by Crippen LogP contribution is 2.16. The van der Waals surface area contributed by atoms with Crippen LogP contribution in [0.15, 0.2) is 30.3 Å². The smallest absolute Gasteiger partial charge is 0.246 e. The van der Waals surface area contributed by atoms with Crippen molar-refractivity contribution in [2.75, 3.05) is 34.4 Å². The molecule has 0 aliphatic heterocycles.